The second kappa shape index (κ2) is 9.34. The summed E-state index contributed by atoms with van der Waals surface area (Å²) in [6.07, 6.45) is 1.23. The van der Waals surface area contributed by atoms with Crippen LogP contribution in [0.2, 0.25) is 10.0 Å². The molecule has 0 saturated heterocycles. The second-order valence-electron chi connectivity index (χ2n) is 6.92. The van der Waals surface area contributed by atoms with Gasteiger partial charge in [-0.15, -0.1) is 0 Å². The smallest absolute Gasteiger partial charge is 0.325 e. The molecule has 0 unspecified atom stereocenters. The Hall–Kier alpha value is -2.13. The lowest BCUT2D eigenvalue weighted by atomic mass is 9.96. The standard InChI is InChI=1S/C20H20Cl2N2O5S/c1-30(27,28)24-11-15-5-3-2-4-13(15)8-18(24)20(26)29-12-19(25)23-10-14-6-7-16(21)9-17(14)22/h2-7,9,18H,8,10-12H2,1H3,(H,23,25)/t18-/m0/s1. The van der Waals surface area contributed by atoms with Gasteiger partial charge in [0.15, 0.2) is 6.61 Å². The van der Waals surface area contributed by atoms with Gasteiger partial charge in [0, 0.05) is 29.6 Å². The lowest BCUT2D eigenvalue weighted by Gasteiger charge is -2.33. The van der Waals surface area contributed by atoms with Crippen molar-refractivity contribution < 1.29 is 22.7 Å². The first kappa shape index (κ1) is 22.6. The lowest BCUT2D eigenvalue weighted by Crippen LogP contribution is -2.49. The van der Waals surface area contributed by atoms with E-state index < -0.39 is 34.5 Å². The minimum atomic E-state index is -3.65. The van der Waals surface area contributed by atoms with Gasteiger partial charge in [-0.3, -0.25) is 9.59 Å². The van der Waals surface area contributed by atoms with Crippen LogP contribution in [0.4, 0.5) is 0 Å². The molecular weight excluding hydrogens is 451 g/mol. The first-order valence-electron chi connectivity index (χ1n) is 9.06. The van der Waals surface area contributed by atoms with Crippen molar-refractivity contribution in [3.05, 3.63) is 69.2 Å². The van der Waals surface area contributed by atoms with Gasteiger partial charge in [-0.25, -0.2) is 8.42 Å². The number of rotatable bonds is 6. The molecule has 3 rings (SSSR count). The zero-order valence-electron chi connectivity index (χ0n) is 16.1. The Balaban J connectivity index is 1.60. The number of carbonyl (C=O) groups is 2. The fourth-order valence-electron chi connectivity index (χ4n) is 3.19. The minimum absolute atomic E-state index is 0.0794. The van der Waals surface area contributed by atoms with Crippen molar-refractivity contribution in [2.45, 2.75) is 25.6 Å². The summed E-state index contributed by atoms with van der Waals surface area (Å²) in [6, 6.07) is 11.2. The van der Waals surface area contributed by atoms with Gasteiger partial charge in [0.2, 0.25) is 10.0 Å². The molecule has 0 fully saturated rings. The fraction of sp³-hybridized carbons (Fsp3) is 0.300. The number of halogens is 2. The molecule has 0 radical (unpaired) electrons. The van der Waals surface area contributed by atoms with Crippen molar-refractivity contribution >= 4 is 45.1 Å². The predicted octanol–water partition coefficient (Wildman–Crippen LogP) is 2.54. The van der Waals surface area contributed by atoms with E-state index >= 15 is 0 Å². The largest absolute Gasteiger partial charge is 0.454 e. The SMILES string of the molecule is CS(=O)(=O)N1Cc2ccccc2C[C@H]1C(=O)OCC(=O)NCc1ccc(Cl)cc1Cl. The van der Waals surface area contributed by atoms with E-state index in [-0.39, 0.29) is 19.5 Å². The normalized spacial score (nSPS) is 16.6. The molecule has 10 heteroatoms. The summed E-state index contributed by atoms with van der Waals surface area (Å²) in [6.45, 7) is -0.311. The third-order valence-corrected chi connectivity index (χ3v) is 6.56. The molecule has 1 aliphatic rings. The highest BCUT2D eigenvalue weighted by Gasteiger charge is 2.38. The number of nitrogens with one attached hydrogen (secondary N) is 1. The molecular formula is C20H20Cl2N2O5S. The van der Waals surface area contributed by atoms with Crippen LogP contribution in [0.15, 0.2) is 42.5 Å². The Bertz CT molecular complexity index is 1070. The summed E-state index contributed by atoms with van der Waals surface area (Å²) in [4.78, 5) is 24.7. The molecule has 7 nitrogen and oxygen atoms in total. The number of hydrogen-bond donors (Lipinski definition) is 1. The number of esters is 1. The maximum atomic E-state index is 12.6. The highest BCUT2D eigenvalue weighted by atomic mass is 35.5. The molecule has 0 aliphatic carbocycles. The fourth-order valence-corrected chi connectivity index (χ4v) is 4.66. The highest BCUT2D eigenvalue weighted by Crippen LogP contribution is 2.26. The van der Waals surface area contributed by atoms with Gasteiger partial charge in [0.25, 0.3) is 5.91 Å². The van der Waals surface area contributed by atoms with E-state index in [4.69, 9.17) is 27.9 Å². The molecule has 1 N–H and O–H groups in total. The number of fused-ring (bicyclic) bond motifs is 1. The van der Waals surface area contributed by atoms with E-state index in [1.807, 2.05) is 24.3 Å². The van der Waals surface area contributed by atoms with Crippen molar-refractivity contribution in [2.75, 3.05) is 12.9 Å². The molecule has 1 atom stereocenters. The molecule has 1 aliphatic heterocycles. The van der Waals surface area contributed by atoms with Gasteiger partial charge < -0.3 is 10.1 Å². The number of ether oxygens (including phenoxy) is 1. The summed E-state index contributed by atoms with van der Waals surface area (Å²) in [5, 5.41) is 3.49. The van der Waals surface area contributed by atoms with E-state index in [1.54, 1.807) is 18.2 Å². The summed E-state index contributed by atoms with van der Waals surface area (Å²) >= 11 is 11.9. The maximum absolute atomic E-state index is 12.6. The number of sulfonamides is 1. The van der Waals surface area contributed by atoms with Crippen LogP contribution in [-0.4, -0.2) is 43.5 Å². The van der Waals surface area contributed by atoms with Gasteiger partial charge >= 0.3 is 5.97 Å². The van der Waals surface area contributed by atoms with Gasteiger partial charge in [0.05, 0.1) is 6.26 Å². The van der Waals surface area contributed by atoms with Crippen LogP contribution < -0.4 is 5.32 Å². The Morgan fingerprint density at radius 1 is 1.17 bits per heavy atom. The second-order valence-corrected chi connectivity index (χ2v) is 9.70. The highest BCUT2D eigenvalue weighted by molar-refractivity contribution is 7.88. The van der Waals surface area contributed by atoms with Gasteiger partial charge in [-0.2, -0.15) is 4.31 Å². The predicted molar refractivity (Wildman–Crippen MR) is 114 cm³/mol. The van der Waals surface area contributed by atoms with Crippen LogP contribution in [0.1, 0.15) is 16.7 Å². The number of hydrogen-bond acceptors (Lipinski definition) is 5. The molecule has 1 amide bonds. The molecule has 0 aromatic heterocycles. The molecule has 2 aromatic rings. The Kier molecular flexibility index (Phi) is 7.02. The Morgan fingerprint density at radius 2 is 1.87 bits per heavy atom. The Morgan fingerprint density at radius 3 is 2.53 bits per heavy atom. The number of carbonyl (C=O) groups excluding carboxylic acids is 2. The first-order chi connectivity index (χ1) is 14.1. The molecule has 0 bridgehead atoms. The van der Waals surface area contributed by atoms with Crippen molar-refractivity contribution in [3.63, 3.8) is 0 Å². The van der Waals surface area contributed by atoms with Gasteiger partial charge in [0.1, 0.15) is 6.04 Å². The molecule has 2 aromatic carbocycles. The van der Waals surface area contributed by atoms with Crippen molar-refractivity contribution in [1.82, 2.24) is 9.62 Å². The van der Waals surface area contributed by atoms with Crippen molar-refractivity contribution in [3.8, 4) is 0 Å². The average Bonchev–Trinajstić information content (AvgIpc) is 2.69. The maximum Gasteiger partial charge on any atom is 0.325 e. The lowest BCUT2D eigenvalue weighted by molar-refractivity contribution is -0.152. The number of amides is 1. The third kappa shape index (κ3) is 5.51. The molecule has 1 heterocycles. The van der Waals surface area contributed by atoms with E-state index in [0.29, 0.717) is 15.6 Å². The summed E-state index contributed by atoms with van der Waals surface area (Å²) in [5.41, 5.74) is 2.37. The first-order valence-corrected chi connectivity index (χ1v) is 11.7. The van der Waals surface area contributed by atoms with Crippen LogP contribution in [0.3, 0.4) is 0 Å². The zero-order valence-corrected chi connectivity index (χ0v) is 18.4. The van der Waals surface area contributed by atoms with Crippen LogP contribution in [0.5, 0.6) is 0 Å². The Labute approximate surface area is 185 Å². The van der Waals surface area contributed by atoms with E-state index in [0.717, 1.165) is 21.7 Å². The zero-order chi connectivity index (χ0) is 21.9. The van der Waals surface area contributed by atoms with Crippen molar-refractivity contribution in [2.24, 2.45) is 0 Å². The average molecular weight is 471 g/mol. The van der Waals surface area contributed by atoms with Crippen molar-refractivity contribution in [1.29, 1.82) is 0 Å². The topological polar surface area (TPSA) is 92.8 Å². The number of nitrogens with zero attached hydrogens (tertiary/aromatic N) is 1. The van der Waals surface area contributed by atoms with Crippen LogP contribution in [0, 0.1) is 0 Å². The van der Waals surface area contributed by atoms with Crippen LogP contribution in [-0.2, 0) is 43.9 Å². The van der Waals surface area contributed by atoms with E-state index in [1.165, 1.54) is 0 Å². The van der Waals surface area contributed by atoms with Crippen LogP contribution in [0.25, 0.3) is 0 Å². The van der Waals surface area contributed by atoms with Gasteiger partial charge in [-0.1, -0.05) is 53.5 Å². The third-order valence-electron chi connectivity index (χ3n) is 4.74. The van der Waals surface area contributed by atoms with Gasteiger partial charge in [-0.05, 0) is 28.8 Å². The van der Waals surface area contributed by atoms with E-state index in [9.17, 15) is 18.0 Å². The quantitative estimate of drug-likeness (QED) is 0.654. The summed E-state index contributed by atoms with van der Waals surface area (Å²) in [7, 11) is -3.65. The molecule has 0 spiro atoms. The summed E-state index contributed by atoms with van der Waals surface area (Å²) < 4.78 is 30.6. The molecule has 160 valence electrons. The minimum Gasteiger partial charge on any atom is -0.454 e. The van der Waals surface area contributed by atoms with E-state index in [2.05, 4.69) is 5.32 Å². The number of benzene rings is 2. The monoisotopic (exact) mass is 470 g/mol. The molecule has 0 saturated carbocycles. The molecule has 30 heavy (non-hydrogen) atoms. The van der Waals surface area contributed by atoms with Crippen LogP contribution >= 0.6 is 23.2 Å². The summed E-state index contributed by atoms with van der Waals surface area (Å²) in [5.74, 6) is -1.30.